The molecule has 1 N–H and O–H groups in total. The maximum Gasteiger partial charge on any atom is 0.248 e. The second-order valence-electron chi connectivity index (χ2n) is 6.25. The van der Waals surface area contributed by atoms with Crippen LogP contribution in [0.5, 0.6) is 0 Å². The molecular weight excluding hydrogens is 282 g/mol. The van der Waals surface area contributed by atoms with Crippen molar-refractivity contribution >= 4 is 11.8 Å². The maximum absolute atomic E-state index is 11.9. The lowest BCUT2D eigenvalue weighted by molar-refractivity contribution is -0.137. The molecule has 0 spiro atoms. The minimum atomic E-state index is 0.0818. The number of nitrogens with one attached hydrogen (secondary N) is 1. The molecule has 2 saturated heterocycles. The first-order valence-corrected chi connectivity index (χ1v) is 8.53. The Labute approximate surface area is 133 Å². The normalized spacial score (nSPS) is 20.3. The molecule has 0 radical (unpaired) electrons. The molecule has 6 nitrogen and oxygen atoms in total. The van der Waals surface area contributed by atoms with Crippen LogP contribution < -0.4 is 5.32 Å². The molecule has 0 atom stereocenters. The average Bonchev–Trinajstić information content (AvgIpc) is 3.04. The molecule has 126 valence electrons. The minimum Gasteiger partial charge on any atom is -0.372 e. The van der Waals surface area contributed by atoms with E-state index in [0.29, 0.717) is 19.1 Å². The number of ether oxygens (including phenoxy) is 1. The molecule has 2 fully saturated rings. The molecule has 0 bridgehead atoms. The van der Waals surface area contributed by atoms with E-state index in [-0.39, 0.29) is 18.4 Å². The number of hydrogen-bond donors (Lipinski definition) is 1. The summed E-state index contributed by atoms with van der Waals surface area (Å²) in [6.45, 7) is 7.58. The van der Waals surface area contributed by atoms with Crippen molar-refractivity contribution < 1.29 is 14.3 Å². The molecule has 22 heavy (non-hydrogen) atoms. The predicted octanol–water partition coefficient (Wildman–Crippen LogP) is 0.474. The summed E-state index contributed by atoms with van der Waals surface area (Å²) in [7, 11) is 0. The summed E-state index contributed by atoms with van der Waals surface area (Å²) >= 11 is 0. The lowest BCUT2D eigenvalue weighted by atomic mass is 9.97. The first-order chi connectivity index (χ1) is 10.7. The van der Waals surface area contributed by atoms with E-state index in [0.717, 1.165) is 45.6 Å². The summed E-state index contributed by atoms with van der Waals surface area (Å²) in [5, 5.41) is 3.05. The van der Waals surface area contributed by atoms with Gasteiger partial charge in [-0.1, -0.05) is 0 Å². The van der Waals surface area contributed by atoms with Crippen LogP contribution in [-0.4, -0.2) is 74.1 Å². The van der Waals surface area contributed by atoms with Crippen LogP contribution in [0.2, 0.25) is 0 Å². The number of carbonyl (C=O) groups excluding carboxylic acids is 2. The van der Waals surface area contributed by atoms with Crippen LogP contribution in [0.1, 0.15) is 32.6 Å². The first kappa shape index (κ1) is 17.2. The number of rotatable bonds is 7. The number of carbonyl (C=O) groups is 2. The van der Waals surface area contributed by atoms with E-state index in [9.17, 15) is 9.59 Å². The summed E-state index contributed by atoms with van der Waals surface area (Å²) in [4.78, 5) is 27.8. The van der Waals surface area contributed by atoms with Gasteiger partial charge < -0.3 is 15.0 Å². The fourth-order valence-electron chi connectivity index (χ4n) is 3.13. The Morgan fingerprint density at radius 3 is 2.45 bits per heavy atom. The number of piperidine rings is 1. The van der Waals surface area contributed by atoms with Gasteiger partial charge in [0.05, 0.1) is 6.54 Å². The topological polar surface area (TPSA) is 61.9 Å². The highest BCUT2D eigenvalue weighted by Gasteiger charge is 2.23. The van der Waals surface area contributed by atoms with E-state index in [1.807, 2.05) is 11.8 Å². The van der Waals surface area contributed by atoms with E-state index < -0.39 is 0 Å². The van der Waals surface area contributed by atoms with Crippen molar-refractivity contribution in [3.05, 3.63) is 0 Å². The van der Waals surface area contributed by atoms with Gasteiger partial charge in [0, 0.05) is 26.2 Å². The number of hydrogen-bond acceptors (Lipinski definition) is 4. The van der Waals surface area contributed by atoms with Crippen LogP contribution in [0.25, 0.3) is 0 Å². The largest absolute Gasteiger partial charge is 0.372 e. The SMILES string of the molecule is CCOCC(=O)N1CCC(CNC(=O)CN2CCCC2)CC1. The Balaban J connectivity index is 1.58. The Bertz CT molecular complexity index is 362. The highest BCUT2D eigenvalue weighted by molar-refractivity contribution is 5.78. The van der Waals surface area contributed by atoms with Gasteiger partial charge >= 0.3 is 0 Å². The molecule has 2 rings (SSSR count). The molecule has 2 heterocycles. The van der Waals surface area contributed by atoms with Gasteiger partial charge in [-0.15, -0.1) is 0 Å². The minimum absolute atomic E-state index is 0.0818. The van der Waals surface area contributed by atoms with Crippen molar-refractivity contribution in [2.75, 3.05) is 52.5 Å². The van der Waals surface area contributed by atoms with Crippen LogP contribution >= 0.6 is 0 Å². The zero-order valence-corrected chi connectivity index (χ0v) is 13.7. The Kier molecular flexibility index (Phi) is 7.12. The van der Waals surface area contributed by atoms with E-state index in [1.54, 1.807) is 0 Å². The third-order valence-electron chi connectivity index (χ3n) is 4.55. The molecule has 2 amide bonds. The Hall–Kier alpha value is -1.14. The third kappa shape index (κ3) is 5.57. The quantitative estimate of drug-likeness (QED) is 0.742. The zero-order valence-electron chi connectivity index (χ0n) is 13.7. The zero-order chi connectivity index (χ0) is 15.8. The van der Waals surface area contributed by atoms with Gasteiger partial charge in [-0.05, 0) is 51.6 Å². The lowest BCUT2D eigenvalue weighted by Crippen LogP contribution is -2.44. The van der Waals surface area contributed by atoms with E-state index >= 15 is 0 Å². The summed E-state index contributed by atoms with van der Waals surface area (Å²) in [6, 6.07) is 0. The summed E-state index contributed by atoms with van der Waals surface area (Å²) in [5.41, 5.74) is 0. The highest BCUT2D eigenvalue weighted by atomic mass is 16.5. The summed E-state index contributed by atoms with van der Waals surface area (Å²) < 4.78 is 5.16. The number of nitrogens with zero attached hydrogens (tertiary/aromatic N) is 2. The number of likely N-dealkylation sites (tertiary alicyclic amines) is 2. The second-order valence-corrected chi connectivity index (χ2v) is 6.25. The lowest BCUT2D eigenvalue weighted by Gasteiger charge is -2.32. The van der Waals surface area contributed by atoms with Crippen LogP contribution in [-0.2, 0) is 14.3 Å². The van der Waals surface area contributed by atoms with E-state index in [2.05, 4.69) is 10.2 Å². The second kappa shape index (κ2) is 9.10. The van der Waals surface area contributed by atoms with Gasteiger partial charge in [0.1, 0.15) is 6.61 Å². The van der Waals surface area contributed by atoms with Crippen LogP contribution in [0.15, 0.2) is 0 Å². The Morgan fingerprint density at radius 1 is 1.14 bits per heavy atom. The van der Waals surface area contributed by atoms with Crippen LogP contribution in [0.3, 0.4) is 0 Å². The van der Waals surface area contributed by atoms with Crippen LogP contribution in [0, 0.1) is 5.92 Å². The molecule has 0 aromatic heterocycles. The van der Waals surface area contributed by atoms with Gasteiger partial charge in [-0.2, -0.15) is 0 Å². The molecule has 0 aliphatic carbocycles. The van der Waals surface area contributed by atoms with Crippen molar-refractivity contribution in [2.45, 2.75) is 32.6 Å². The molecule has 6 heteroatoms. The smallest absolute Gasteiger partial charge is 0.248 e. The monoisotopic (exact) mass is 311 g/mol. The third-order valence-corrected chi connectivity index (χ3v) is 4.55. The standard InChI is InChI=1S/C16H29N3O3/c1-2-22-13-16(21)19-9-5-14(6-10-19)11-17-15(20)12-18-7-3-4-8-18/h14H,2-13H2,1H3,(H,17,20). The van der Waals surface area contributed by atoms with E-state index in [4.69, 9.17) is 4.74 Å². The average molecular weight is 311 g/mol. The van der Waals surface area contributed by atoms with Crippen LogP contribution in [0.4, 0.5) is 0 Å². The highest BCUT2D eigenvalue weighted by Crippen LogP contribution is 2.16. The van der Waals surface area contributed by atoms with Crippen molar-refractivity contribution in [2.24, 2.45) is 5.92 Å². The molecule has 0 saturated carbocycles. The fraction of sp³-hybridized carbons (Fsp3) is 0.875. The Morgan fingerprint density at radius 2 is 1.82 bits per heavy atom. The molecule has 0 unspecified atom stereocenters. The van der Waals surface area contributed by atoms with Crippen molar-refractivity contribution in [3.8, 4) is 0 Å². The molecule has 0 aromatic carbocycles. The summed E-state index contributed by atoms with van der Waals surface area (Å²) in [5.74, 6) is 0.703. The predicted molar refractivity (Wildman–Crippen MR) is 84.5 cm³/mol. The van der Waals surface area contributed by atoms with Gasteiger partial charge in [0.15, 0.2) is 0 Å². The molecule has 0 aromatic rings. The van der Waals surface area contributed by atoms with Gasteiger partial charge in [-0.3, -0.25) is 14.5 Å². The summed E-state index contributed by atoms with van der Waals surface area (Å²) in [6.07, 6.45) is 4.34. The maximum atomic E-state index is 11.9. The fourth-order valence-corrected chi connectivity index (χ4v) is 3.13. The molecule has 2 aliphatic rings. The molecule has 2 aliphatic heterocycles. The first-order valence-electron chi connectivity index (χ1n) is 8.53. The van der Waals surface area contributed by atoms with Crippen molar-refractivity contribution in [1.29, 1.82) is 0 Å². The number of amides is 2. The molecular formula is C16H29N3O3. The van der Waals surface area contributed by atoms with Gasteiger partial charge in [0.25, 0.3) is 0 Å². The van der Waals surface area contributed by atoms with E-state index in [1.165, 1.54) is 12.8 Å². The van der Waals surface area contributed by atoms with Crippen molar-refractivity contribution in [1.82, 2.24) is 15.1 Å². The van der Waals surface area contributed by atoms with Gasteiger partial charge in [-0.25, -0.2) is 0 Å². The van der Waals surface area contributed by atoms with Crippen molar-refractivity contribution in [3.63, 3.8) is 0 Å². The van der Waals surface area contributed by atoms with Gasteiger partial charge in [0.2, 0.25) is 11.8 Å².